The number of hydrogen-bond donors (Lipinski definition) is 2. The molecule has 2 aromatic carbocycles. The van der Waals surface area contributed by atoms with Gasteiger partial charge in [0.1, 0.15) is 17.5 Å². The van der Waals surface area contributed by atoms with Crippen molar-refractivity contribution >= 4 is 17.6 Å². The van der Waals surface area contributed by atoms with Crippen LogP contribution in [0.3, 0.4) is 0 Å². The summed E-state index contributed by atoms with van der Waals surface area (Å²) >= 11 is 1.60. The molecule has 5 nitrogen and oxygen atoms in total. The second-order valence-corrected chi connectivity index (χ2v) is 8.74. The second-order valence-electron chi connectivity index (χ2n) is 7.10. The Kier molecular flexibility index (Phi) is 4.66. The predicted octanol–water partition coefficient (Wildman–Crippen LogP) is 4.82. The van der Waals surface area contributed by atoms with E-state index in [9.17, 15) is 8.78 Å². The third-order valence-corrected chi connectivity index (χ3v) is 6.17. The van der Waals surface area contributed by atoms with Crippen LogP contribution >= 0.6 is 11.8 Å². The first kappa shape index (κ1) is 18.6. The van der Waals surface area contributed by atoms with E-state index in [2.05, 4.69) is 15.5 Å². The summed E-state index contributed by atoms with van der Waals surface area (Å²) < 4.78 is 33.5. The maximum absolute atomic E-state index is 14.5. The van der Waals surface area contributed by atoms with E-state index >= 15 is 0 Å². The molecule has 2 N–H and O–H groups in total. The van der Waals surface area contributed by atoms with Gasteiger partial charge in [0.25, 0.3) is 0 Å². The van der Waals surface area contributed by atoms with Gasteiger partial charge in [-0.05, 0) is 55.3 Å². The highest BCUT2D eigenvalue weighted by Gasteiger charge is 2.34. The smallest absolute Gasteiger partial charge is 0.247 e. The third kappa shape index (κ3) is 3.52. The molecule has 4 rings (SSSR count). The number of aromatic nitrogens is 2. The fourth-order valence-corrected chi connectivity index (χ4v) is 4.14. The molecule has 2 heterocycles. The van der Waals surface area contributed by atoms with Crippen molar-refractivity contribution in [2.45, 2.75) is 24.6 Å². The molecular formula is C20H18F2N4OS. The lowest BCUT2D eigenvalue weighted by atomic mass is 9.97. The maximum atomic E-state index is 14.5. The molecular weight excluding hydrogens is 382 g/mol. The van der Waals surface area contributed by atoms with Crippen LogP contribution in [0.5, 0.6) is 0 Å². The molecule has 3 aromatic rings. The van der Waals surface area contributed by atoms with E-state index in [1.807, 2.05) is 13.8 Å². The SMILES string of the molecule is CC1(C)SCC(c2cc(-c3cc(F)cc(-c4nnco4)c3)ccc2F)NC1=N. The Labute approximate surface area is 165 Å². The summed E-state index contributed by atoms with van der Waals surface area (Å²) in [5, 5.41) is 18.7. The monoisotopic (exact) mass is 400 g/mol. The average Bonchev–Trinajstić information content (AvgIpc) is 3.19. The number of nitrogens with zero attached hydrogens (tertiary/aromatic N) is 2. The lowest BCUT2D eigenvalue weighted by molar-refractivity contribution is 0.567. The van der Waals surface area contributed by atoms with E-state index in [0.717, 1.165) is 0 Å². The number of amidine groups is 1. The van der Waals surface area contributed by atoms with Crippen molar-refractivity contribution in [1.29, 1.82) is 5.41 Å². The Morgan fingerprint density at radius 1 is 1.14 bits per heavy atom. The van der Waals surface area contributed by atoms with Crippen LogP contribution in [0, 0.1) is 17.0 Å². The highest BCUT2D eigenvalue weighted by molar-refractivity contribution is 8.01. The second kappa shape index (κ2) is 7.01. The number of rotatable bonds is 3. The van der Waals surface area contributed by atoms with Crippen LogP contribution < -0.4 is 5.32 Å². The standard InChI is InChI=1S/C20H18F2N4OS/c1-20(2)19(23)25-17(9-28-20)15-8-11(3-4-16(15)22)12-5-13(7-14(21)6-12)18-26-24-10-27-18/h3-8,10,17H,9H2,1-2H3,(H2,23,25). The van der Waals surface area contributed by atoms with Crippen LogP contribution in [0.25, 0.3) is 22.6 Å². The molecule has 1 unspecified atom stereocenters. The van der Waals surface area contributed by atoms with E-state index in [-0.39, 0.29) is 22.5 Å². The summed E-state index contributed by atoms with van der Waals surface area (Å²) in [6.45, 7) is 3.92. The Bertz CT molecular complexity index is 1040. The van der Waals surface area contributed by atoms with Crippen molar-refractivity contribution in [3.8, 4) is 22.6 Å². The first-order valence-electron chi connectivity index (χ1n) is 8.70. The molecule has 0 spiro atoms. The lowest BCUT2D eigenvalue weighted by Gasteiger charge is -2.36. The number of halogens is 2. The highest BCUT2D eigenvalue weighted by atomic mass is 32.2. The summed E-state index contributed by atoms with van der Waals surface area (Å²) in [5.74, 6) is 0.396. The fourth-order valence-electron chi connectivity index (χ4n) is 3.09. The normalized spacial score (nSPS) is 18.7. The fraction of sp³-hybridized carbons (Fsp3) is 0.250. The molecule has 28 heavy (non-hydrogen) atoms. The molecule has 144 valence electrons. The molecule has 0 bridgehead atoms. The van der Waals surface area contributed by atoms with Gasteiger partial charge in [-0.1, -0.05) is 6.07 Å². The number of hydrogen-bond acceptors (Lipinski definition) is 5. The summed E-state index contributed by atoms with van der Waals surface area (Å²) in [6.07, 6.45) is 1.18. The van der Waals surface area contributed by atoms with Crippen molar-refractivity contribution in [3.63, 3.8) is 0 Å². The predicted molar refractivity (Wildman–Crippen MR) is 105 cm³/mol. The first-order valence-corrected chi connectivity index (χ1v) is 9.68. The van der Waals surface area contributed by atoms with Crippen molar-refractivity contribution in [1.82, 2.24) is 15.5 Å². The zero-order valence-electron chi connectivity index (χ0n) is 15.3. The van der Waals surface area contributed by atoms with Crippen molar-refractivity contribution in [3.05, 3.63) is 60.0 Å². The molecule has 8 heteroatoms. The van der Waals surface area contributed by atoms with Crippen molar-refractivity contribution in [2.75, 3.05) is 5.75 Å². The van der Waals surface area contributed by atoms with Crippen LogP contribution in [-0.2, 0) is 0 Å². The van der Waals surface area contributed by atoms with E-state index in [1.54, 1.807) is 30.0 Å². The Balaban J connectivity index is 1.71. The quantitative estimate of drug-likeness (QED) is 0.660. The molecule has 0 amide bonds. The Morgan fingerprint density at radius 3 is 2.64 bits per heavy atom. The van der Waals surface area contributed by atoms with Gasteiger partial charge in [0.05, 0.1) is 10.8 Å². The van der Waals surface area contributed by atoms with Crippen LogP contribution in [0.15, 0.2) is 47.2 Å². The molecule has 1 atom stereocenters. The average molecular weight is 400 g/mol. The van der Waals surface area contributed by atoms with Gasteiger partial charge in [-0.25, -0.2) is 8.78 Å². The minimum Gasteiger partial charge on any atom is -0.423 e. The van der Waals surface area contributed by atoms with Gasteiger partial charge in [0.15, 0.2) is 0 Å². The minimum atomic E-state index is -0.452. The van der Waals surface area contributed by atoms with Crippen molar-refractivity contribution < 1.29 is 13.2 Å². The van der Waals surface area contributed by atoms with Crippen LogP contribution in [0.1, 0.15) is 25.5 Å². The largest absolute Gasteiger partial charge is 0.423 e. The van der Waals surface area contributed by atoms with Gasteiger partial charge in [-0.3, -0.25) is 5.41 Å². The van der Waals surface area contributed by atoms with Gasteiger partial charge < -0.3 is 9.73 Å². The van der Waals surface area contributed by atoms with Crippen molar-refractivity contribution in [2.24, 2.45) is 0 Å². The van der Waals surface area contributed by atoms with Crippen LogP contribution in [-0.4, -0.2) is 26.5 Å². The molecule has 0 saturated carbocycles. The van der Waals surface area contributed by atoms with Gasteiger partial charge >= 0.3 is 0 Å². The molecule has 1 fully saturated rings. The Morgan fingerprint density at radius 2 is 1.93 bits per heavy atom. The molecule has 1 aromatic heterocycles. The molecule has 1 aliphatic rings. The summed E-state index contributed by atoms with van der Waals surface area (Å²) in [6, 6.07) is 8.77. The third-order valence-electron chi connectivity index (χ3n) is 4.74. The topological polar surface area (TPSA) is 74.8 Å². The molecule has 1 saturated heterocycles. The highest BCUT2D eigenvalue weighted by Crippen LogP contribution is 2.37. The first-order chi connectivity index (χ1) is 13.3. The number of thioether (sulfide) groups is 1. The summed E-state index contributed by atoms with van der Waals surface area (Å²) in [7, 11) is 0. The van der Waals surface area contributed by atoms with Gasteiger partial charge in [0.2, 0.25) is 12.3 Å². The minimum absolute atomic E-state index is 0.212. The van der Waals surface area contributed by atoms with E-state index in [0.29, 0.717) is 33.8 Å². The van der Waals surface area contributed by atoms with Crippen LogP contribution in [0.4, 0.5) is 8.78 Å². The number of benzene rings is 2. The van der Waals surface area contributed by atoms with E-state index < -0.39 is 5.82 Å². The number of nitrogens with one attached hydrogen (secondary N) is 2. The van der Waals surface area contributed by atoms with Gasteiger partial charge in [-0.2, -0.15) is 0 Å². The zero-order chi connectivity index (χ0) is 19.9. The molecule has 0 aliphatic carbocycles. The Hall–Kier alpha value is -2.74. The molecule has 0 radical (unpaired) electrons. The lowest BCUT2D eigenvalue weighted by Crippen LogP contribution is -2.47. The summed E-state index contributed by atoms with van der Waals surface area (Å²) in [5.41, 5.74) is 2.15. The zero-order valence-corrected chi connectivity index (χ0v) is 16.1. The molecule has 1 aliphatic heterocycles. The van der Waals surface area contributed by atoms with E-state index in [4.69, 9.17) is 9.83 Å². The maximum Gasteiger partial charge on any atom is 0.247 e. The van der Waals surface area contributed by atoms with E-state index in [1.165, 1.54) is 24.6 Å². The summed E-state index contributed by atoms with van der Waals surface area (Å²) in [4.78, 5) is 0. The van der Waals surface area contributed by atoms with Gasteiger partial charge in [0, 0.05) is 16.9 Å². The van der Waals surface area contributed by atoms with Gasteiger partial charge in [-0.15, -0.1) is 22.0 Å². The van der Waals surface area contributed by atoms with Crippen LogP contribution in [0.2, 0.25) is 0 Å².